The van der Waals surface area contributed by atoms with Gasteiger partial charge in [-0.1, -0.05) is 42.1 Å². The molecule has 1 fully saturated rings. The quantitative estimate of drug-likeness (QED) is 0.516. The van der Waals surface area contributed by atoms with Crippen molar-refractivity contribution < 1.29 is 19.1 Å². The minimum atomic E-state index is -1.06. The predicted octanol–water partition coefficient (Wildman–Crippen LogP) is 4.50. The van der Waals surface area contributed by atoms with E-state index >= 15 is 0 Å². The summed E-state index contributed by atoms with van der Waals surface area (Å²) in [6.07, 6.45) is 0.709. The molecule has 0 spiro atoms. The monoisotopic (exact) mass is 465 g/mol. The van der Waals surface area contributed by atoms with Gasteiger partial charge in [0, 0.05) is 30.0 Å². The van der Waals surface area contributed by atoms with E-state index in [0.717, 1.165) is 16.3 Å². The first-order chi connectivity index (χ1) is 15.5. The third kappa shape index (κ3) is 3.37. The Balaban J connectivity index is 1.33. The number of anilines is 3. The van der Waals surface area contributed by atoms with Crippen molar-refractivity contribution in [2.24, 2.45) is 0 Å². The number of rotatable bonds is 5. The molecule has 32 heavy (non-hydrogen) atoms. The average molecular weight is 466 g/mol. The smallest absolute Gasteiger partial charge is 0.343 e. The van der Waals surface area contributed by atoms with Gasteiger partial charge in [0.25, 0.3) is 0 Å². The van der Waals surface area contributed by atoms with Gasteiger partial charge in [0.2, 0.25) is 11.8 Å². The van der Waals surface area contributed by atoms with E-state index in [1.54, 1.807) is 10.3 Å². The van der Waals surface area contributed by atoms with E-state index in [1.807, 2.05) is 54.6 Å². The van der Waals surface area contributed by atoms with Crippen molar-refractivity contribution in [1.82, 2.24) is 4.98 Å². The summed E-state index contributed by atoms with van der Waals surface area (Å²) in [5.74, 6) is -0.686. The highest BCUT2D eigenvalue weighted by Gasteiger charge is 2.58. The Labute approximate surface area is 193 Å². The number of hydrogen-bond acceptors (Lipinski definition) is 7. The Hall–Kier alpha value is -3.17. The normalized spacial score (nSPS) is 18.9. The summed E-state index contributed by atoms with van der Waals surface area (Å²) in [7, 11) is 0. The fraction of sp³-hybridized carbons (Fsp3) is 0.217. The zero-order valence-corrected chi connectivity index (χ0v) is 18.8. The molecule has 1 saturated heterocycles. The Morgan fingerprint density at radius 1 is 1.16 bits per heavy atom. The fourth-order valence-electron chi connectivity index (χ4n) is 3.99. The van der Waals surface area contributed by atoms with Crippen LogP contribution in [0.15, 0.2) is 64.9 Å². The standard InChI is InChI=1S/C23H19N3O4S2/c1-15(27)25(17-7-3-2-4-8-17)22-24-16(14-31-22)13-30-21(29)23-12-11-20(28)26(23)18-9-5-6-10-19(18)32-23/h2-10,14H,11-13H2,1H3. The Bertz CT molecular complexity index is 1210. The number of hydrogen-bond donors (Lipinski definition) is 0. The molecule has 0 aliphatic carbocycles. The van der Waals surface area contributed by atoms with Crippen LogP contribution in [0.3, 0.4) is 0 Å². The van der Waals surface area contributed by atoms with Crippen molar-refractivity contribution in [3.05, 3.63) is 65.7 Å². The molecule has 1 aromatic heterocycles. The van der Waals surface area contributed by atoms with Gasteiger partial charge >= 0.3 is 5.97 Å². The minimum Gasteiger partial charge on any atom is -0.457 e. The van der Waals surface area contributed by atoms with Gasteiger partial charge in [0.05, 0.1) is 17.1 Å². The van der Waals surface area contributed by atoms with Gasteiger partial charge in [-0.25, -0.2) is 9.78 Å². The first-order valence-electron chi connectivity index (χ1n) is 10.1. The molecule has 5 rings (SSSR count). The summed E-state index contributed by atoms with van der Waals surface area (Å²) >= 11 is 2.68. The minimum absolute atomic E-state index is 0.0312. The molecule has 1 atom stereocenters. The van der Waals surface area contributed by atoms with Crippen molar-refractivity contribution in [2.45, 2.75) is 36.1 Å². The summed E-state index contributed by atoms with van der Waals surface area (Å²) in [4.78, 5) is 45.4. The molecule has 0 bridgehead atoms. The van der Waals surface area contributed by atoms with Gasteiger partial charge < -0.3 is 4.74 Å². The summed E-state index contributed by atoms with van der Waals surface area (Å²) < 4.78 is 5.64. The van der Waals surface area contributed by atoms with Crippen molar-refractivity contribution >= 4 is 57.4 Å². The first kappa shape index (κ1) is 20.7. The zero-order chi connectivity index (χ0) is 22.3. The van der Waals surface area contributed by atoms with E-state index in [1.165, 1.54) is 34.9 Å². The number of nitrogens with zero attached hydrogens (tertiary/aromatic N) is 3. The second-order valence-electron chi connectivity index (χ2n) is 7.47. The van der Waals surface area contributed by atoms with Gasteiger partial charge in [0.1, 0.15) is 6.61 Å². The Morgan fingerprint density at radius 2 is 1.91 bits per heavy atom. The number of ether oxygens (including phenoxy) is 1. The van der Waals surface area contributed by atoms with Crippen LogP contribution in [0.1, 0.15) is 25.5 Å². The van der Waals surface area contributed by atoms with Crippen LogP contribution in [0.2, 0.25) is 0 Å². The van der Waals surface area contributed by atoms with Gasteiger partial charge in [0.15, 0.2) is 10.0 Å². The number of amides is 2. The SMILES string of the molecule is CC(=O)N(c1ccccc1)c1nc(COC(=O)C23CCC(=O)N2c2ccccc2S3)cs1. The maximum absolute atomic E-state index is 13.2. The highest BCUT2D eigenvalue weighted by atomic mass is 32.2. The number of carbonyl (C=O) groups is 3. The summed E-state index contributed by atoms with van der Waals surface area (Å²) in [6.45, 7) is 1.45. The Morgan fingerprint density at radius 3 is 2.69 bits per heavy atom. The highest BCUT2D eigenvalue weighted by molar-refractivity contribution is 8.02. The number of carbonyl (C=O) groups excluding carboxylic acids is 3. The van der Waals surface area contributed by atoms with Crippen LogP contribution < -0.4 is 9.80 Å². The molecule has 0 N–H and O–H groups in total. The lowest BCUT2D eigenvalue weighted by Gasteiger charge is -2.28. The van der Waals surface area contributed by atoms with E-state index in [9.17, 15) is 14.4 Å². The largest absolute Gasteiger partial charge is 0.457 e. The predicted molar refractivity (Wildman–Crippen MR) is 123 cm³/mol. The summed E-state index contributed by atoms with van der Waals surface area (Å²) in [5, 5.41) is 2.28. The van der Waals surface area contributed by atoms with E-state index < -0.39 is 10.8 Å². The number of fused-ring (bicyclic) bond motifs is 3. The molecule has 1 unspecified atom stereocenters. The molecular formula is C23H19N3O4S2. The van der Waals surface area contributed by atoms with E-state index in [-0.39, 0.29) is 18.4 Å². The average Bonchev–Trinajstić information content (AvgIpc) is 3.47. The maximum atomic E-state index is 13.2. The van der Waals surface area contributed by atoms with Crippen LogP contribution in [-0.4, -0.2) is 27.6 Å². The third-order valence-electron chi connectivity index (χ3n) is 5.40. The van der Waals surface area contributed by atoms with Gasteiger partial charge in [-0.15, -0.1) is 11.3 Å². The number of thiazole rings is 1. The van der Waals surface area contributed by atoms with Crippen LogP contribution in [0.4, 0.5) is 16.5 Å². The molecule has 7 nitrogen and oxygen atoms in total. The number of esters is 1. The van der Waals surface area contributed by atoms with Crippen LogP contribution in [0.5, 0.6) is 0 Å². The molecule has 9 heteroatoms. The van der Waals surface area contributed by atoms with Crippen LogP contribution in [0.25, 0.3) is 0 Å². The first-order valence-corrected chi connectivity index (χ1v) is 11.8. The molecule has 0 radical (unpaired) electrons. The molecule has 0 saturated carbocycles. The molecule has 162 valence electrons. The van der Waals surface area contributed by atoms with E-state index in [2.05, 4.69) is 4.98 Å². The summed E-state index contributed by atoms with van der Waals surface area (Å²) in [6, 6.07) is 16.8. The van der Waals surface area contributed by atoms with Crippen LogP contribution >= 0.6 is 23.1 Å². The second kappa shape index (κ2) is 8.07. The molecule has 2 aliphatic heterocycles. The number of benzene rings is 2. The lowest BCUT2D eigenvalue weighted by molar-refractivity contribution is -0.148. The molecular weight excluding hydrogens is 446 g/mol. The third-order valence-corrected chi connectivity index (χ3v) is 7.73. The zero-order valence-electron chi connectivity index (χ0n) is 17.2. The Kier molecular flexibility index (Phi) is 5.22. The number of para-hydroxylation sites is 2. The summed E-state index contributed by atoms with van der Waals surface area (Å²) in [5.41, 5.74) is 2.03. The maximum Gasteiger partial charge on any atom is 0.343 e. The topological polar surface area (TPSA) is 79.8 Å². The fourth-order valence-corrected chi connectivity index (χ4v) is 6.28. The lowest BCUT2D eigenvalue weighted by Crippen LogP contribution is -2.47. The number of thioether (sulfide) groups is 1. The molecule has 2 aromatic carbocycles. The number of aromatic nitrogens is 1. The van der Waals surface area contributed by atoms with Crippen molar-refractivity contribution in [3.8, 4) is 0 Å². The van der Waals surface area contributed by atoms with E-state index in [0.29, 0.717) is 23.7 Å². The van der Waals surface area contributed by atoms with E-state index in [4.69, 9.17) is 4.74 Å². The van der Waals surface area contributed by atoms with Gasteiger partial charge in [-0.05, 0) is 24.3 Å². The van der Waals surface area contributed by atoms with Crippen LogP contribution in [-0.2, 0) is 25.7 Å². The molecule has 2 aliphatic rings. The molecule has 2 amide bonds. The molecule has 3 aromatic rings. The molecule has 3 heterocycles. The van der Waals surface area contributed by atoms with Crippen molar-refractivity contribution in [3.63, 3.8) is 0 Å². The lowest BCUT2D eigenvalue weighted by atomic mass is 10.2. The van der Waals surface area contributed by atoms with Crippen molar-refractivity contribution in [2.75, 3.05) is 9.80 Å². The van der Waals surface area contributed by atoms with Crippen molar-refractivity contribution in [1.29, 1.82) is 0 Å². The van der Waals surface area contributed by atoms with Gasteiger partial charge in [-0.2, -0.15) is 0 Å². The van der Waals surface area contributed by atoms with Crippen LogP contribution in [0, 0.1) is 0 Å². The highest BCUT2D eigenvalue weighted by Crippen LogP contribution is 2.56. The second-order valence-corrected chi connectivity index (χ2v) is 9.63. The van der Waals surface area contributed by atoms with Gasteiger partial charge in [-0.3, -0.25) is 19.4 Å².